The number of unbranched alkanes of at least 4 members (excludes halogenated alkanes) is 1. The van der Waals surface area contributed by atoms with Crippen molar-refractivity contribution in [1.82, 2.24) is 0 Å². The summed E-state index contributed by atoms with van der Waals surface area (Å²) in [5.41, 5.74) is 2.65. The number of hydrogen-bond donors (Lipinski definition) is 0. The third kappa shape index (κ3) is 3.99. The fraction of sp³-hybridized carbons (Fsp3) is 0.562. The Kier molecular flexibility index (Phi) is 4.92. The molecule has 1 nitrogen and oxygen atoms in total. The number of carbonyl (C=O) groups excluding carboxylic acids is 1. The minimum absolute atomic E-state index is 0.0731. The molecule has 0 heterocycles. The van der Waals surface area contributed by atoms with Gasteiger partial charge in [0.2, 0.25) is 0 Å². The van der Waals surface area contributed by atoms with Crippen molar-refractivity contribution in [2.45, 2.75) is 58.3 Å². The fourth-order valence-corrected chi connectivity index (χ4v) is 1.97. The van der Waals surface area contributed by atoms with E-state index in [1.54, 1.807) is 0 Å². The van der Waals surface area contributed by atoms with Crippen LogP contribution in [0.2, 0.25) is 0 Å². The largest absolute Gasteiger partial charge is 0.303 e. The molecule has 0 aliphatic carbocycles. The maximum absolute atomic E-state index is 11.1. The lowest BCUT2D eigenvalue weighted by Gasteiger charge is -2.20. The van der Waals surface area contributed by atoms with Crippen molar-refractivity contribution in [2.75, 3.05) is 0 Å². The smallest absolute Gasteiger partial charge is 0.127 e. The van der Waals surface area contributed by atoms with Crippen molar-refractivity contribution in [3.8, 4) is 0 Å². The quantitative estimate of drug-likeness (QED) is 0.685. The summed E-state index contributed by atoms with van der Waals surface area (Å²) in [4.78, 5) is 11.1. The molecule has 1 aromatic rings. The lowest BCUT2D eigenvalue weighted by molar-refractivity contribution is -0.109. The molecule has 0 saturated carbocycles. The first kappa shape index (κ1) is 14.0. The van der Waals surface area contributed by atoms with Crippen LogP contribution in [-0.2, 0) is 10.2 Å². The lowest BCUT2D eigenvalue weighted by atomic mass is 9.85. The summed E-state index contributed by atoms with van der Waals surface area (Å²) in [6.07, 6.45) is 4.31. The van der Waals surface area contributed by atoms with Gasteiger partial charge in [0.25, 0.3) is 0 Å². The summed E-state index contributed by atoms with van der Waals surface area (Å²) < 4.78 is 0. The van der Waals surface area contributed by atoms with Crippen LogP contribution in [0, 0.1) is 0 Å². The van der Waals surface area contributed by atoms with E-state index in [0.717, 1.165) is 31.1 Å². The lowest BCUT2D eigenvalue weighted by Crippen LogP contribution is -2.11. The first-order valence-electron chi connectivity index (χ1n) is 6.54. The fourth-order valence-electron chi connectivity index (χ4n) is 1.97. The standard InChI is InChI=1S/C16H24O/c1-5-6-7-14(12-17)13-8-10-15(11-9-13)16(2,3)4/h8-12,14H,5-7H2,1-4H3. The van der Waals surface area contributed by atoms with Crippen LogP contribution in [0.3, 0.4) is 0 Å². The van der Waals surface area contributed by atoms with Crippen LogP contribution in [0.1, 0.15) is 64.0 Å². The number of aldehydes is 1. The molecule has 94 valence electrons. The highest BCUT2D eigenvalue weighted by molar-refractivity contribution is 5.62. The molecule has 1 aromatic carbocycles. The molecule has 0 bridgehead atoms. The molecule has 17 heavy (non-hydrogen) atoms. The van der Waals surface area contributed by atoms with Gasteiger partial charge in [0, 0.05) is 5.92 Å². The Morgan fingerprint density at radius 1 is 1.18 bits per heavy atom. The second kappa shape index (κ2) is 6.00. The van der Waals surface area contributed by atoms with Gasteiger partial charge in [-0.15, -0.1) is 0 Å². The van der Waals surface area contributed by atoms with Gasteiger partial charge < -0.3 is 4.79 Å². The zero-order valence-corrected chi connectivity index (χ0v) is 11.5. The third-order valence-corrected chi connectivity index (χ3v) is 3.24. The Bertz CT molecular complexity index is 343. The van der Waals surface area contributed by atoms with Crippen LogP contribution in [-0.4, -0.2) is 6.29 Å². The van der Waals surface area contributed by atoms with E-state index in [9.17, 15) is 4.79 Å². The Morgan fingerprint density at radius 2 is 1.76 bits per heavy atom. The highest BCUT2D eigenvalue weighted by Crippen LogP contribution is 2.25. The molecule has 0 N–H and O–H groups in total. The molecule has 1 heteroatoms. The van der Waals surface area contributed by atoms with Gasteiger partial charge in [-0.3, -0.25) is 0 Å². The zero-order valence-electron chi connectivity index (χ0n) is 11.5. The molecule has 0 aliphatic rings. The molecule has 0 fully saturated rings. The number of hydrogen-bond acceptors (Lipinski definition) is 1. The summed E-state index contributed by atoms with van der Waals surface area (Å²) in [6, 6.07) is 8.51. The van der Waals surface area contributed by atoms with E-state index in [1.807, 2.05) is 0 Å². The number of carbonyl (C=O) groups is 1. The van der Waals surface area contributed by atoms with E-state index in [1.165, 1.54) is 5.56 Å². The molecule has 0 saturated heterocycles. The Hall–Kier alpha value is -1.11. The average Bonchev–Trinajstić information content (AvgIpc) is 2.29. The van der Waals surface area contributed by atoms with Crippen LogP contribution in [0.4, 0.5) is 0 Å². The summed E-state index contributed by atoms with van der Waals surface area (Å²) in [5.74, 6) is 0.0731. The van der Waals surface area contributed by atoms with E-state index in [2.05, 4.69) is 52.0 Å². The molecule has 0 aliphatic heterocycles. The van der Waals surface area contributed by atoms with Crippen LogP contribution < -0.4 is 0 Å². The normalized spacial score (nSPS) is 13.4. The maximum Gasteiger partial charge on any atom is 0.127 e. The minimum Gasteiger partial charge on any atom is -0.303 e. The monoisotopic (exact) mass is 232 g/mol. The molecule has 0 amide bonds. The Balaban J connectivity index is 2.81. The van der Waals surface area contributed by atoms with Crippen LogP contribution in [0.25, 0.3) is 0 Å². The predicted octanol–water partition coefficient (Wildman–Crippen LogP) is 4.46. The van der Waals surface area contributed by atoms with Crippen molar-refractivity contribution in [3.63, 3.8) is 0 Å². The summed E-state index contributed by atoms with van der Waals surface area (Å²) in [7, 11) is 0. The third-order valence-electron chi connectivity index (χ3n) is 3.24. The van der Waals surface area contributed by atoms with E-state index >= 15 is 0 Å². The van der Waals surface area contributed by atoms with Crippen molar-refractivity contribution in [2.24, 2.45) is 0 Å². The topological polar surface area (TPSA) is 17.1 Å². The van der Waals surface area contributed by atoms with E-state index in [4.69, 9.17) is 0 Å². The molecular formula is C16H24O. The Labute approximate surface area is 105 Å². The van der Waals surface area contributed by atoms with Gasteiger partial charge in [0.1, 0.15) is 6.29 Å². The van der Waals surface area contributed by atoms with Crippen LogP contribution in [0.5, 0.6) is 0 Å². The van der Waals surface area contributed by atoms with Crippen molar-refractivity contribution in [3.05, 3.63) is 35.4 Å². The molecule has 1 atom stereocenters. The highest BCUT2D eigenvalue weighted by Gasteiger charge is 2.15. The maximum atomic E-state index is 11.1. The summed E-state index contributed by atoms with van der Waals surface area (Å²) >= 11 is 0. The summed E-state index contributed by atoms with van der Waals surface area (Å²) in [6.45, 7) is 8.77. The van der Waals surface area contributed by atoms with Gasteiger partial charge in [0.15, 0.2) is 0 Å². The second-order valence-corrected chi connectivity index (χ2v) is 5.76. The minimum atomic E-state index is 0.0731. The number of benzene rings is 1. The van der Waals surface area contributed by atoms with Gasteiger partial charge in [-0.05, 0) is 23.0 Å². The van der Waals surface area contributed by atoms with Crippen LogP contribution in [0.15, 0.2) is 24.3 Å². The summed E-state index contributed by atoms with van der Waals surface area (Å²) in [5, 5.41) is 0. The van der Waals surface area contributed by atoms with Crippen molar-refractivity contribution >= 4 is 6.29 Å². The molecule has 0 aromatic heterocycles. The zero-order chi connectivity index (χ0) is 12.9. The number of rotatable bonds is 5. The molecule has 1 unspecified atom stereocenters. The van der Waals surface area contributed by atoms with Gasteiger partial charge in [-0.1, -0.05) is 64.8 Å². The first-order chi connectivity index (χ1) is 7.99. The first-order valence-corrected chi connectivity index (χ1v) is 6.54. The van der Waals surface area contributed by atoms with Crippen molar-refractivity contribution < 1.29 is 4.79 Å². The van der Waals surface area contributed by atoms with E-state index in [0.29, 0.717) is 0 Å². The van der Waals surface area contributed by atoms with E-state index in [-0.39, 0.29) is 11.3 Å². The molecule has 0 spiro atoms. The van der Waals surface area contributed by atoms with Gasteiger partial charge in [0.05, 0.1) is 0 Å². The van der Waals surface area contributed by atoms with Crippen molar-refractivity contribution in [1.29, 1.82) is 0 Å². The molecular weight excluding hydrogens is 208 g/mol. The van der Waals surface area contributed by atoms with Gasteiger partial charge in [-0.2, -0.15) is 0 Å². The van der Waals surface area contributed by atoms with E-state index < -0.39 is 0 Å². The molecule has 1 rings (SSSR count). The average molecular weight is 232 g/mol. The Morgan fingerprint density at radius 3 is 2.18 bits per heavy atom. The second-order valence-electron chi connectivity index (χ2n) is 5.76. The van der Waals surface area contributed by atoms with Crippen LogP contribution >= 0.6 is 0 Å². The SMILES string of the molecule is CCCCC(C=O)c1ccc(C(C)(C)C)cc1. The van der Waals surface area contributed by atoms with Gasteiger partial charge >= 0.3 is 0 Å². The highest BCUT2D eigenvalue weighted by atomic mass is 16.1. The predicted molar refractivity (Wildman–Crippen MR) is 73.5 cm³/mol. The van der Waals surface area contributed by atoms with Gasteiger partial charge in [-0.25, -0.2) is 0 Å². The molecule has 0 radical (unpaired) electrons.